The average molecular weight is 842 g/mol. The van der Waals surface area contributed by atoms with Crippen molar-refractivity contribution in [3.8, 4) is 33.4 Å². The van der Waals surface area contributed by atoms with Crippen LogP contribution in [0.25, 0.3) is 33.4 Å². The van der Waals surface area contributed by atoms with Gasteiger partial charge < -0.3 is 4.90 Å². The average Bonchev–Trinajstić information content (AvgIpc) is 3.95. The van der Waals surface area contributed by atoms with Gasteiger partial charge in [-0.25, -0.2) is 0 Å². The number of fused-ring (bicyclic) bond motifs is 9. The molecular weight excluding hydrogens is 795 g/mol. The molecule has 3 aliphatic rings. The van der Waals surface area contributed by atoms with Crippen LogP contribution in [0.2, 0.25) is 0 Å². The van der Waals surface area contributed by atoms with Gasteiger partial charge in [0, 0.05) is 22.2 Å². The Hall–Kier alpha value is -8.00. The molecule has 3 aliphatic carbocycles. The van der Waals surface area contributed by atoms with Crippen LogP contribution in [0.3, 0.4) is 0 Å². The summed E-state index contributed by atoms with van der Waals surface area (Å²) in [5.41, 5.74) is 22.8. The van der Waals surface area contributed by atoms with Crippen LogP contribution in [0.1, 0.15) is 69.5 Å². The summed E-state index contributed by atoms with van der Waals surface area (Å²) in [5.74, 6) is 0. The first kappa shape index (κ1) is 38.5. The van der Waals surface area contributed by atoms with Gasteiger partial charge in [0.05, 0.1) is 22.2 Å². The fourth-order valence-electron chi connectivity index (χ4n) is 12.6. The summed E-state index contributed by atoms with van der Waals surface area (Å²) in [7, 11) is 0. The summed E-state index contributed by atoms with van der Waals surface area (Å²) in [6.45, 7) is 4.78. The SMILES string of the molecule is CC1(C)c2ccccc2-c2ccc(N(c3cccc4c3-c3ccccc3C4(c3ccccc3)c3ccccc3)c3cccc4c3-c3ccccc3C4(c3ccccc3)c3ccccc3)cc21. The molecule has 0 saturated carbocycles. The highest BCUT2D eigenvalue weighted by molar-refractivity contribution is 6.03. The van der Waals surface area contributed by atoms with Crippen molar-refractivity contribution in [2.45, 2.75) is 30.1 Å². The third-order valence-electron chi connectivity index (χ3n) is 15.2. The minimum Gasteiger partial charge on any atom is -0.309 e. The summed E-state index contributed by atoms with van der Waals surface area (Å²) in [5, 5.41) is 0. The van der Waals surface area contributed by atoms with E-state index in [4.69, 9.17) is 0 Å². The number of hydrogen-bond acceptors (Lipinski definition) is 1. The standard InChI is InChI=1S/C65H47N/c1-63(2)53-34-18-15-31-49(53)50-42-41-48(43-58(50)63)66(59-39-21-37-56-61(59)51-32-16-19-35-54(51)64(56,44-23-7-3-8-24-44)45-25-9-4-10-26-45)60-40-22-38-57-62(60)52-33-17-20-36-55(52)65(57,46-27-11-5-12-28-46)47-29-13-6-14-30-47/h3-43H,1-2H3. The van der Waals surface area contributed by atoms with Gasteiger partial charge in [-0.15, -0.1) is 0 Å². The summed E-state index contributed by atoms with van der Waals surface area (Å²) >= 11 is 0. The molecule has 312 valence electrons. The minimum atomic E-state index is -0.543. The van der Waals surface area contributed by atoms with Crippen molar-refractivity contribution in [3.63, 3.8) is 0 Å². The van der Waals surface area contributed by atoms with Crippen LogP contribution >= 0.6 is 0 Å². The first-order chi connectivity index (χ1) is 32.5. The maximum absolute atomic E-state index is 2.61. The van der Waals surface area contributed by atoms with E-state index >= 15 is 0 Å². The Labute approximate surface area is 388 Å². The van der Waals surface area contributed by atoms with Gasteiger partial charge >= 0.3 is 0 Å². The van der Waals surface area contributed by atoms with Crippen molar-refractivity contribution in [2.24, 2.45) is 0 Å². The highest BCUT2D eigenvalue weighted by atomic mass is 15.1. The van der Waals surface area contributed by atoms with Crippen molar-refractivity contribution in [1.29, 1.82) is 0 Å². The summed E-state index contributed by atoms with van der Waals surface area (Å²) in [4.78, 5) is 2.61. The van der Waals surface area contributed by atoms with E-state index < -0.39 is 10.8 Å². The quantitative estimate of drug-likeness (QED) is 0.155. The first-order valence-electron chi connectivity index (χ1n) is 23.3. The van der Waals surface area contributed by atoms with E-state index in [0.29, 0.717) is 0 Å². The largest absolute Gasteiger partial charge is 0.309 e. The van der Waals surface area contributed by atoms with Gasteiger partial charge in [-0.1, -0.05) is 238 Å². The van der Waals surface area contributed by atoms with E-state index in [-0.39, 0.29) is 5.41 Å². The Kier molecular flexibility index (Phi) is 8.45. The normalized spacial score (nSPS) is 14.9. The number of rotatable bonds is 7. The summed E-state index contributed by atoms with van der Waals surface area (Å²) in [6.07, 6.45) is 0. The molecule has 0 bridgehead atoms. The molecule has 13 rings (SSSR count). The van der Waals surface area contributed by atoms with Crippen LogP contribution < -0.4 is 4.90 Å². The number of nitrogens with zero attached hydrogens (tertiary/aromatic N) is 1. The van der Waals surface area contributed by atoms with Crippen molar-refractivity contribution in [2.75, 3.05) is 4.90 Å². The lowest BCUT2D eigenvalue weighted by atomic mass is 9.67. The highest BCUT2D eigenvalue weighted by Gasteiger charge is 2.50. The van der Waals surface area contributed by atoms with Gasteiger partial charge in [0.25, 0.3) is 0 Å². The molecule has 0 heterocycles. The van der Waals surface area contributed by atoms with Crippen LogP contribution in [0.15, 0.2) is 249 Å². The van der Waals surface area contributed by atoms with Gasteiger partial charge in [0.2, 0.25) is 0 Å². The fourth-order valence-corrected chi connectivity index (χ4v) is 12.6. The second-order valence-electron chi connectivity index (χ2n) is 18.7. The van der Waals surface area contributed by atoms with Crippen molar-refractivity contribution in [3.05, 3.63) is 304 Å². The zero-order chi connectivity index (χ0) is 44.0. The zero-order valence-electron chi connectivity index (χ0n) is 37.1. The Balaban J connectivity index is 1.16. The van der Waals surface area contributed by atoms with Crippen molar-refractivity contribution in [1.82, 2.24) is 0 Å². The van der Waals surface area contributed by atoms with Crippen LogP contribution in [0.4, 0.5) is 17.1 Å². The minimum absolute atomic E-state index is 0.185. The molecule has 0 unspecified atom stereocenters. The number of hydrogen-bond donors (Lipinski definition) is 0. The molecule has 1 nitrogen and oxygen atoms in total. The van der Waals surface area contributed by atoms with Crippen LogP contribution in [-0.2, 0) is 16.2 Å². The molecule has 66 heavy (non-hydrogen) atoms. The molecule has 0 fully saturated rings. The molecule has 10 aromatic carbocycles. The molecule has 0 saturated heterocycles. The maximum Gasteiger partial charge on any atom is 0.0714 e. The van der Waals surface area contributed by atoms with Crippen molar-refractivity contribution < 1.29 is 0 Å². The second kappa shape index (κ2) is 14.5. The predicted octanol–water partition coefficient (Wildman–Crippen LogP) is 16.2. The number of benzene rings is 10. The summed E-state index contributed by atoms with van der Waals surface area (Å²) < 4.78 is 0. The fraction of sp³-hybridized carbons (Fsp3) is 0.0769. The van der Waals surface area contributed by atoms with Crippen LogP contribution in [-0.4, -0.2) is 0 Å². The van der Waals surface area contributed by atoms with Crippen LogP contribution in [0.5, 0.6) is 0 Å². The molecular formula is C65H47N. The highest BCUT2D eigenvalue weighted by Crippen LogP contribution is 2.63. The third kappa shape index (κ3) is 5.11. The molecule has 1 heteroatoms. The van der Waals surface area contributed by atoms with E-state index in [2.05, 4.69) is 267 Å². The molecule has 0 amide bonds. The molecule has 0 aromatic heterocycles. The van der Waals surface area contributed by atoms with E-state index in [0.717, 1.165) is 17.1 Å². The molecule has 0 radical (unpaired) electrons. The number of anilines is 3. The molecule has 0 N–H and O–H groups in total. The third-order valence-corrected chi connectivity index (χ3v) is 15.2. The molecule has 0 spiro atoms. The molecule has 0 aliphatic heterocycles. The topological polar surface area (TPSA) is 3.24 Å². The summed E-state index contributed by atoms with van der Waals surface area (Å²) in [6, 6.07) is 93.3. The predicted molar refractivity (Wildman–Crippen MR) is 273 cm³/mol. The van der Waals surface area contributed by atoms with Gasteiger partial charge in [-0.3, -0.25) is 0 Å². The van der Waals surface area contributed by atoms with E-state index in [1.165, 1.54) is 89.0 Å². The Morgan fingerprint density at radius 1 is 0.273 bits per heavy atom. The van der Waals surface area contributed by atoms with Crippen molar-refractivity contribution >= 4 is 17.1 Å². The molecule has 0 atom stereocenters. The lowest BCUT2D eigenvalue weighted by Crippen LogP contribution is -2.28. The van der Waals surface area contributed by atoms with Crippen LogP contribution in [0, 0.1) is 0 Å². The van der Waals surface area contributed by atoms with E-state index in [1.54, 1.807) is 0 Å². The van der Waals surface area contributed by atoms with Gasteiger partial charge in [0.1, 0.15) is 0 Å². The lowest BCUT2D eigenvalue weighted by molar-refractivity contribution is 0.660. The van der Waals surface area contributed by atoms with E-state index in [9.17, 15) is 0 Å². The van der Waals surface area contributed by atoms with Gasteiger partial charge in [-0.05, 0) is 102 Å². The van der Waals surface area contributed by atoms with Gasteiger partial charge in [0.15, 0.2) is 0 Å². The zero-order valence-corrected chi connectivity index (χ0v) is 37.1. The van der Waals surface area contributed by atoms with E-state index in [1.807, 2.05) is 0 Å². The second-order valence-corrected chi connectivity index (χ2v) is 18.7. The smallest absolute Gasteiger partial charge is 0.0714 e. The lowest BCUT2D eigenvalue weighted by Gasteiger charge is -2.35. The first-order valence-corrected chi connectivity index (χ1v) is 23.3. The Morgan fingerprint density at radius 2 is 0.621 bits per heavy atom. The maximum atomic E-state index is 2.61. The van der Waals surface area contributed by atoms with Gasteiger partial charge in [-0.2, -0.15) is 0 Å². The Bertz CT molecular complexity index is 3230. The Morgan fingerprint density at radius 3 is 1.06 bits per heavy atom. The monoisotopic (exact) mass is 841 g/mol. The molecule has 10 aromatic rings.